The van der Waals surface area contributed by atoms with E-state index < -0.39 is 18.0 Å². The Morgan fingerprint density at radius 1 is 1.15 bits per heavy atom. The van der Waals surface area contributed by atoms with Crippen molar-refractivity contribution in [3.63, 3.8) is 0 Å². The summed E-state index contributed by atoms with van der Waals surface area (Å²) in [6, 6.07) is 15.8. The molecule has 0 spiro atoms. The average molecular weight is 369 g/mol. The summed E-state index contributed by atoms with van der Waals surface area (Å²) in [7, 11) is 1.58. The normalized spacial score (nSPS) is 11.6. The fourth-order valence-corrected chi connectivity index (χ4v) is 2.34. The Balaban J connectivity index is 2.03. The first-order chi connectivity index (χ1) is 13.1. The minimum absolute atomic E-state index is 0.222. The number of hydrogen-bond donors (Lipinski definition) is 2. The Labute approximate surface area is 158 Å². The van der Waals surface area contributed by atoms with Crippen molar-refractivity contribution >= 4 is 18.2 Å². The monoisotopic (exact) mass is 369 g/mol. The molecule has 0 aliphatic heterocycles. The SMILES string of the molecule is CCOC(=O)N[C@@H](Cc1ccccc1)C(=O)N/N=C\c1cccc(OC)c1. The zero-order valence-electron chi connectivity index (χ0n) is 15.3. The highest BCUT2D eigenvalue weighted by Gasteiger charge is 2.21. The lowest BCUT2D eigenvalue weighted by Crippen LogP contribution is -2.47. The molecule has 142 valence electrons. The fourth-order valence-electron chi connectivity index (χ4n) is 2.34. The number of carbonyl (C=O) groups excluding carboxylic acids is 2. The second-order valence-electron chi connectivity index (χ2n) is 5.62. The van der Waals surface area contributed by atoms with Crippen molar-refractivity contribution in [1.82, 2.24) is 10.7 Å². The van der Waals surface area contributed by atoms with E-state index in [-0.39, 0.29) is 6.61 Å². The number of hydrazone groups is 1. The van der Waals surface area contributed by atoms with Crippen molar-refractivity contribution < 1.29 is 19.1 Å². The van der Waals surface area contributed by atoms with E-state index in [0.29, 0.717) is 12.2 Å². The van der Waals surface area contributed by atoms with E-state index in [1.807, 2.05) is 48.5 Å². The number of alkyl carbamates (subject to hydrolysis) is 1. The van der Waals surface area contributed by atoms with Gasteiger partial charge in [-0.25, -0.2) is 10.2 Å². The summed E-state index contributed by atoms with van der Waals surface area (Å²) in [4.78, 5) is 24.2. The Morgan fingerprint density at radius 2 is 1.93 bits per heavy atom. The molecule has 2 N–H and O–H groups in total. The number of carbonyl (C=O) groups is 2. The van der Waals surface area contributed by atoms with E-state index in [1.54, 1.807) is 20.1 Å². The quantitative estimate of drug-likeness (QED) is 0.553. The minimum atomic E-state index is -0.811. The molecule has 0 aliphatic rings. The Morgan fingerprint density at radius 3 is 2.63 bits per heavy atom. The van der Waals surface area contributed by atoms with E-state index in [9.17, 15) is 9.59 Å². The molecule has 0 bridgehead atoms. The van der Waals surface area contributed by atoms with Gasteiger partial charge in [-0.2, -0.15) is 5.10 Å². The van der Waals surface area contributed by atoms with Crippen LogP contribution in [0.2, 0.25) is 0 Å². The molecule has 7 heteroatoms. The summed E-state index contributed by atoms with van der Waals surface area (Å²) in [6.45, 7) is 1.92. The summed E-state index contributed by atoms with van der Waals surface area (Å²) in [6.07, 6.45) is 1.18. The molecule has 27 heavy (non-hydrogen) atoms. The topological polar surface area (TPSA) is 89.0 Å². The van der Waals surface area contributed by atoms with E-state index >= 15 is 0 Å². The molecule has 0 fully saturated rings. The van der Waals surface area contributed by atoms with E-state index in [0.717, 1.165) is 11.1 Å². The predicted octanol–water partition coefficient (Wildman–Crippen LogP) is 2.50. The maximum atomic E-state index is 12.5. The Hall–Kier alpha value is -3.35. The number of nitrogens with one attached hydrogen (secondary N) is 2. The van der Waals surface area contributed by atoms with Crippen LogP contribution in [0.4, 0.5) is 4.79 Å². The minimum Gasteiger partial charge on any atom is -0.497 e. The molecule has 2 aromatic carbocycles. The van der Waals surface area contributed by atoms with Gasteiger partial charge in [0.05, 0.1) is 19.9 Å². The van der Waals surface area contributed by atoms with Crippen LogP contribution in [0.3, 0.4) is 0 Å². The van der Waals surface area contributed by atoms with Crippen LogP contribution in [0.1, 0.15) is 18.1 Å². The van der Waals surface area contributed by atoms with Gasteiger partial charge in [0.2, 0.25) is 0 Å². The average Bonchev–Trinajstić information content (AvgIpc) is 2.68. The van der Waals surface area contributed by atoms with Gasteiger partial charge in [0.15, 0.2) is 0 Å². The van der Waals surface area contributed by atoms with Crippen molar-refractivity contribution in [2.24, 2.45) is 5.10 Å². The van der Waals surface area contributed by atoms with Crippen LogP contribution in [0.5, 0.6) is 5.75 Å². The van der Waals surface area contributed by atoms with Crippen LogP contribution in [0.15, 0.2) is 59.7 Å². The molecule has 0 aromatic heterocycles. The largest absolute Gasteiger partial charge is 0.497 e. The number of rotatable bonds is 8. The van der Waals surface area contributed by atoms with Gasteiger partial charge in [-0.15, -0.1) is 0 Å². The highest BCUT2D eigenvalue weighted by molar-refractivity contribution is 5.87. The highest BCUT2D eigenvalue weighted by atomic mass is 16.5. The summed E-state index contributed by atoms with van der Waals surface area (Å²) in [5, 5.41) is 6.53. The van der Waals surface area contributed by atoms with Crippen molar-refractivity contribution in [2.75, 3.05) is 13.7 Å². The molecule has 0 radical (unpaired) electrons. The first-order valence-corrected chi connectivity index (χ1v) is 8.56. The maximum Gasteiger partial charge on any atom is 0.407 e. The lowest BCUT2D eigenvalue weighted by atomic mass is 10.1. The third kappa shape index (κ3) is 6.81. The molecule has 0 aliphatic carbocycles. The van der Waals surface area contributed by atoms with Gasteiger partial charge in [0, 0.05) is 6.42 Å². The van der Waals surface area contributed by atoms with Crippen LogP contribution in [-0.2, 0) is 16.0 Å². The summed E-state index contributed by atoms with van der Waals surface area (Å²) < 4.78 is 10.0. The van der Waals surface area contributed by atoms with Crippen molar-refractivity contribution in [2.45, 2.75) is 19.4 Å². The van der Waals surface area contributed by atoms with Crippen molar-refractivity contribution in [3.8, 4) is 5.75 Å². The number of amides is 2. The summed E-state index contributed by atoms with van der Waals surface area (Å²) >= 11 is 0. The lowest BCUT2D eigenvalue weighted by molar-refractivity contribution is -0.123. The first kappa shape index (κ1) is 20.0. The van der Waals surface area contributed by atoms with Crippen molar-refractivity contribution in [1.29, 1.82) is 0 Å². The fraction of sp³-hybridized carbons (Fsp3) is 0.250. The number of benzene rings is 2. The van der Waals surface area contributed by atoms with E-state index in [1.165, 1.54) is 6.21 Å². The summed E-state index contributed by atoms with van der Waals surface area (Å²) in [5.74, 6) is 0.252. The third-order valence-electron chi connectivity index (χ3n) is 3.65. The second-order valence-corrected chi connectivity index (χ2v) is 5.62. The number of ether oxygens (including phenoxy) is 2. The maximum absolute atomic E-state index is 12.5. The molecule has 2 aromatic rings. The first-order valence-electron chi connectivity index (χ1n) is 8.56. The number of hydrogen-bond acceptors (Lipinski definition) is 5. The van der Waals surface area contributed by atoms with Crippen LogP contribution in [0.25, 0.3) is 0 Å². The molecule has 2 amide bonds. The molecule has 0 heterocycles. The number of nitrogens with zero attached hydrogens (tertiary/aromatic N) is 1. The van der Waals surface area contributed by atoms with Gasteiger partial charge >= 0.3 is 6.09 Å². The van der Waals surface area contributed by atoms with Gasteiger partial charge < -0.3 is 14.8 Å². The van der Waals surface area contributed by atoms with Gasteiger partial charge in [-0.1, -0.05) is 42.5 Å². The van der Waals surface area contributed by atoms with Crippen LogP contribution < -0.4 is 15.5 Å². The zero-order chi connectivity index (χ0) is 19.5. The molecule has 0 saturated carbocycles. The van der Waals surface area contributed by atoms with Crippen molar-refractivity contribution in [3.05, 3.63) is 65.7 Å². The highest BCUT2D eigenvalue weighted by Crippen LogP contribution is 2.10. The lowest BCUT2D eigenvalue weighted by Gasteiger charge is -2.16. The molecule has 1 atom stereocenters. The smallest absolute Gasteiger partial charge is 0.407 e. The van der Waals surface area contributed by atoms with E-state index in [2.05, 4.69) is 15.8 Å². The second kappa shape index (κ2) is 10.6. The molecular weight excluding hydrogens is 346 g/mol. The molecule has 0 saturated heterocycles. The van der Waals surface area contributed by atoms with Gasteiger partial charge in [-0.3, -0.25) is 4.79 Å². The zero-order valence-corrected chi connectivity index (χ0v) is 15.3. The Bertz CT molecular complexity index is 778. The Kier molecular flexibility index (Phi) is 7.84. The molecule has 2 rings (SSSR count). The van der Waals surface area contributed by atoms with Crippen LogP contribution in [-0.4, -0.2) is 38.0 Å². The predicted molar refractivity (Wildman–Crippen MR) is 103 cm³/mol. The standard InChI is InChI=1S/C20H23N3O4/c1-3-27-20(25)22-18(13-15-8-5-4-6-9-15)19(24)23-21-14-16-10-7-11-17(12-16)26-2/h4-12,14,18H,3,13H2,1-2H3,(H,22,25)(H,23,24)/b21-14-/t18-/m0/s1. The van der Waals surface area contributed by atoms with Gasteiger partial charge in [-0.05, 0) is 30.2 Å². The molecule has 0 unspecified atom stereocenters. The van der Waals surface area contributed by atoms with Gasteiger partial charge in [0.1, 0.15) is 11.8 Å². The third-order valence-corrected chi connectivity index (χ3v) is 3.65. The van der Waals surface area contributed by atoms with E-state index in [4.69, 9.17) is 9.47 Å². The van der Waals surface area contributed by atoms with Crippen LogP contribution >= 0.6 is 0 Å². The molecular formula is C20H23N3O4. The molecule has 7 nitrogen and oxygen atoms in total. The van der Waals surface area contributed by atoms with Crippen LogP contribution in [0, 0.1) is 0 Å². The van der Waals surface area contributed by atoms with Gasteiger partial charge in [0.25, 0.3) is 5.91 Å². The number of methoxy groups -OCH3 is 1. The summed E-state index contributed by atoms with van der Waals surface area (Å²) in [5.41, 5.74) is 4.14.